The van der Waals surface area contributed by atoms with Gasteiger partial charge in [-0.2, -0.15) is 0 Å². The minimum absolute atomic E-state index is 0.254. The van der Waals surface area contributed by atoms with Gasteiger partial charge in [0.05, 0.1) is 22.5 Å². The number of halogens is 1. The monoisotopic (exact) mass is 365 g/mol. The van der Waals surface area contributed by atoms with Gasteiger partial charge in [-0.3, -0.25) is 4.79 Å². The number of hydrogen-bond acceptors (Lipinski definition) is 3. The Balaban J connectivity index is 1.77. The molecule has 1 N–H and O–H groups in total. The molecule has 3 aromatic rings. The van der Waals surface area contributed by atoms with E-state index in [1.165, 1.54) is 5.56 Å². The fraction of sp³-hybridized carbons (Fsp3) is 0.143. The van der Waals surface area contributed by atoms with Crippen LogP contribution in [0.3, 0.4) is 0 Å². The van der Waals surface area contributed by atoms with Gasteiger partial charge in [0.25, 0.3) is 5.91 Å². The van der Waals surface area contributed by atoms with Crippen molar-refractivity contribution in [1.29, 1.82) is 0 Å². The van der Waals surface area contributed by atoms with Gasteiger partial charge in [-0.1, -0.05) is 35.9 Å². The molecule has 0 aliphatic heterocycles. The highest BCUT2D eigenvalue weighted by Gasteiger charge is 2.12. The lowest BCUT2D eigenvalue weighted by atomic mass is 10.2. The average Bonchev–Trinajstić information content (AvgIpc) is 2.64. The van der Waals surface area contributed by atoms with E-state index in [0.717, 1.165) is 18.1 Å². The molecule has 0 spiro atoms. The van der Waals surface area contributed by atoms with Crippen molar-refractivity contribution in [1.82, 2.24) is 4.98 Å². The van der Waals surface area contributed by atoms with Crippen LogP contribution in [0.15, 0.2) is 66.9 Å². The smallest absolute Gasteiger partial charge is 0.257 e. The van der Waals surface area contributed by atoms with E-state index >= 15 is 0 Å². The first kappa shape index (κ1) is 18.0. The number of carbonyl (C=O) groups excluding carboxylic acids is 1. The Labute approximate surface area is 158 Å². The number of nitrogens with zero attached hydrogens (tertiary/aromatic N) is 2. The third kappa shape index (κ3) is 4.03. The van der Waals surface area contributed by atoms with E-state index < -0.39 is 0 Å². The molecule has 1 aromatic heterocycles. The van der Waals surface area contributed by atoms with Crippen molar-refractivity contribution in [3.8, 4) is 0 Å². The summed E-state index contributed by atoms with van der Waals surface area (Å²) in [5.41, 5.74) is 3.35. The number of pyridine rings is 1. The normalized spacial score (nSPS) is 10.4. The molecule has 2 aromatic carbocycles. The SMILES string of the molecule is CCN(c1cccc(C)c1)c1ccc(NC(=O)c2ccccc2Cl)cn1. The van der Waals surface area contributed by atoms with Gasteiger partial charge >= 0.3 is 0 Å². The van der Waals surface area contributed by atoms with Gasteiger partial charge in [0.15, 0.2) is 0 Å². The summed E-state index contributed by atoms with van der Waals surface area (Å²) in [6.45, 7) is 4.94. The standard InChI is InChI=1S/C21H20ClN3O/c1-3-25(17-8-6-7-15(2)13-17)20-12-11-16(14-23-20)24-21(26)18-9-4-5-10-19(18)22/h4-14H,3H2,1-2H3,(H,24,26). The zero-order chi connectivity index (χ0) is 18.5. The van der Waals surface area contributed by atoms with Crippen LogP contribution in [0, 0.1) is 6.92 Å². The van der Waals surface area contributed by atoms with Crippen LogP contribution in [0.5, 0.6) is 0 Å². The Bertz CT molecular complexity index is 909. The lowest BCUT2D eigenvalue weighted by Gasteiger charge is -2.22. The van der Waals surface area contributed by atoms with E-state index in [-0.39, 0.29) is 5.91 Å². The summed E-state index contributed by atoms with van der Waals surface area (Å²) in [7, 11) is 0. The Morgan fingerprint density at radius 2 is 1.92 bits per heavy atom. The summed E-state index contributed by atoms with van der Waals surface area (Å²) in [5.74, 6) is 0.574. The van der Waals surface area contributed by atoms with Crippen LogP contribution < -0.4 is 10.2 Å². The molecule has 1 heterocycles. The molecule has 0 saturated carbocycles. The van der Waals surface area contributed by atoms with E-state index in [4.69, 9.17) is 11.6 Å². The van der Waals surface area contributed by atoms with Gasteiger partial charge < -0.3 is 10.2 Å². The van der Waals surface area contributed by atoms with Crippen molar-refractivity contribution in [3.05, 3.63) is 83.0 Å². The summed E-state index contributed by atoms with van der Waals surface area (Å²) >= 11 is 6.07. The summed E-state index contributed by atoms with van der Waals surface area (Å²) in [6.07, 6.45) is 1.66. The molecule has 0 radical (unpaired) electrons. The molecule has 26 heavy (non-hydrogen) atoms. The van der Waals surface area contributed by atoms with Crippen LogP contribution >= 0.6 is 11.6 Å². The van der Waals surface area contributed by atoms with E-state index in [1.54, 1.807) is 30.5 Å². The highest BCUT2D eigenvalue weighted by atomic mass is 35.5. The molecule has 0 fully saturated rings. The molecule has 0 saturated heterocycles. The number of nitrogens with one attached hydrogen (secondary N) is 1. The zero-order valence-electron chi connectivity index (χ0n) is 14.7. The maximum absolute atomic E-state index is 12.3. The highest BCUT2D eigenvalue weighted by Crippen LogP contribution is 2.25. The molecule has 0 bridgehead atoms. The van der Waals surface area contributed by atoms with Crippen LogP contribution in [-0.4, -0.2) is 17.4 Å². The highest BCUT2D eigenvalue weighted by molar-refractivity contribution is 6.34. The van der Waals surface area contributed by atoms with Gasteiger partial charge in [0, 0.05) is 12.2 Å². The topological polar surface area (TPSA) is 45.2 Å². The van der Waals surface area contributed by atoms with Crippen LogP contribution in [0.25, 0.3) is 0 Å². The number of anilines is 3. The molecule has 3 rings (SSSR count). The minimum atomic E-state index is -0.254. The predicted octanol–water partition coefficient (Wildman–Crippen LogP) is 5.45. The molecule has 0 unspecified atom stereocenters. The molecule has 4 nitrogen and oxygen atoms in total. The first-order valence-corrected chi connectivity index (χ1v) is 8.82. The van der Waals surface area contributed by atoms with Crippen LogP contribution in [0.4, 0.5) is 17.2 Å². The summed E-state index contributed by atoms with van der Waals surface area (Å²) in [4.78, 5) is 19.0. The van der Waals surface area contributed by atoms with Crippen LogP contribution in [0.2, 0.25) is 5.02 Å². The average molecular weight is 366 g/mol. The van der Waals surface area contributed by atoms with Crippen molar-refractivity contribution in [3.63, 3.8) is 0 Å². The first-order chi connectivity index (χ1) is 12.6. The molecular formula is C21H20ClN3O. The molecule has 0 atom stereocenters. The van der Waals surface area contributed by atoms with Crippen molar-refractivity contribution in [2.24, 2.45) is 0 Å². The number of benzene rings is 2. The van der Waals surface area contributed by atoms with Crippen molar-refractivity contribution in [2.45, 2.75) is 13.8 Å². The van der Waals surface area contributed by atoms with E-state index in [9.17, 15) is 4.79 Å². The number of aromatic nitrogens is 1. The number of carbonyl (C=O) groups is 1. The number of amides is 1. The van der Waals surface area contributed by atoms with E-state index in [2.05, 4.69) is 47.2 Å². The summed E-state index contributed by atoms with van der Waals surface area (Å²) in [6, 6.07) is 19.0. The minimum Gasteiger partial charge on any atom is -0.327 e. The van der Waals surface area contributed by atoms with Gasteiger partial charge in [-0.25, -0.2) is 4.98 Å². The maximum atomic E-state index is 12.3. The Hall–Kier alpha value is -2.85. The Kier molecular flexibility index (Phi) is 5.54. The van der Waals surface area contributed by atoms with E-state index in [1.807, 2.05) is 18.2 Å². The van der Waals surface area contributed by atoms with Crippen molar-refractivity contribution in [2.75, 3.05) is 16.8 Å². The second kappa shape index (κ2) is 8.02. The van der Waals surface area contributed by atoms with Crippen molar-refractivity contribution < 1.29 is 4.79 Å². The molecule has 0 aliphatic rings. The third-order valence-electron chi connectivity index (χ3n) is 4.03. The fourth-order valence-electron chi connectivity index (χ4n) is 2.74. The number of rotatable bonds is 5. The third-order valence-corrected chi connectivity index (χ3v) is 4.36. The molecule has 132 valence electrons. The predicted molar refractivity (Wildman–Crippen MR) is 108 cm³/mol. The summed E-state index contributed by atoms with van der Waals surface area (Å²) < 4.78 is 0. The zero-order valence-corrected chi connectivity index (χ0v) is 15.5. The first-order valence-electron chi connectivity index (χ1n) is 8.44. The maximum Gasteiger partial charge on any atom is 0.257 e. The summed E-state index contributed by atoms with van der Waals surface area (Å²) in [5, 5.41) is 3.25. The second-order valence-corrected chi connectivity index (χ2v) is 6.33. The lowest BCUT2D eigenvalue weighted by Crippen LogP contribution is -2.18. The van der Waals surface area contributed by atoms with E-state index in [0.29, 0.717) is 16.3 Å². The quantitative estimate of drug-likeness (QED) is 0.653. The van der Waals surface area contributed by atoms with Gasteiger partial charge in [-0.15, -0.1) is 0 Å². The van der Waals surface area contributed by atoms with Gasteiger partial charge in [0.2, 0.25) is 0 Å². The van der Waals surface area contributed by atoms with Crippen LogP contribution in [0.1, 0.15) is 22.8 Å². The Morgan fingerprint density at radius 1 is 1.12 bits per heavy atom. The molecular weight excluding hydrogens is 346 g/mol. The number of hydrogen-bond donors (Lipinski definition) is 1. The van der Waals surface area contributed by atoms with Crippen molar-refractivity contribution >= 4 is 34.7 Å². The van der Waals surface area contributed by atoms with Gasteiger partial charge in [0.1, 0.15) is 5.82 Å². The van der Waals surface area contributed by atoms with Crippen LogP contribution in [-0.2, 0) is 0 Å². The molecule has 0 aliphatic carbocycles. The molecule has 5 heteroatoms. The van der Waals surface area contributed by atoms with Gasteiger partial charge in [-0.05, 0) is 55.8 Å². The fourth-order valence-corrected chi connectivity index (χ4v) is 2.96. The lowest BCUT2D eigenvalue weighted by molar-refractivity contribution is 0.102. The number of aryl methyl sites for hydroxylation is 1. The second-order valence-electron chi connectivity index (χ2n) is 5.92. The Morgan fingerprint density at radius 3 is 2.58 bits per heavy atom. The largest absolute Gasteiger partial charge is 0.327 e. The molecule has 1 amide bonds.